The van der Waals surface area contributed by atoms with Gasteiger partial charge in [-0.3, -0.25) is 4.79 Å². The number of hydrogen-bond acceptors (Lipinski definition) is 6. The lowest BCUT2D eigenvalue weighted by Crippen LogP contribution is -2.29. The number of alkyl halides is 3. The van der Waals surface area contributed by atoms with Crippen molar-refractivity contribution in [3.05, 3.63) is 47.7 Å². The normalized spacial score (nSPS) is 11.8. The summed E-state index contributed by atoms with van der Waals surface area (Å²) in [6.45, 7) is -0.0451. The van der Waals surface area contributed by atoms with Crippen molar-refractivity contribution < 1.29 is 31.1 Å². The highest BCUT2D eigenvalue weighted by molar-refractivity contribution is 7.89. The van der Waals surface area contributed by atoms with Gasteiger partial charge in [-0.05, 0) is 37.4 Å². The first-order valence-corrected chi connectivity index (χ1v) is 9.74. The van der Waals surface area contributed by atoms with Crippen LogP contribution in [0.5, 0.6) is 5.75 Å². The molecule has 2 rings (SSSR count). The maximum Gasteiger partial charge on any atom is 0.419 e. The summed E-state index contributed by atoms with van der Waals surface area (Å²) in [6.07, 6.45) is -3.34. The number of hydrogen-bond donors (Lipinski definition) is 3. The number of ether oxygens (including phenoxy) is 1. The van der Waals surface area contributed by atoms with Crippen LogP contribution in [0.1, 0.15) is 15.9 Å². The number of nitrogens with one attached hydrogen (secondary N) is 3. The Morgan fingerprint density at radius 1 is 1.21 bits per heavy atom. The Morgan fingerprint density at radius 2 is 1.93 bits per heavy atom. The van der Waals surface area contributed by atoms with Gasteiger partial charge in [-0.15, -0.1) is 0 Å². The van der Waals surface area contributed by atoms with E-state index in [0.29, 0.717) is 0 Å². The molecule has 0 spiro atoms. The zero-order valence-electron chi connectivity index (χ0n) is 15.5. The number of methoxy groups -OCH3 is 1. The molecule has 29 heavy (non-hydrogen) atoms. The van der Waals surface area contributed by atoms with E-state index in [2.05, 4.69) is 20.3 Å². The molecule has 1 aromatic carbocycles. The molecule has 8 nitrogen and oxygen atoms in total. The third-order valence-corrected chi connectivity index (χ3v) is 5.24. The molecule has 0 aliphatic heterocycles. The number of nitrogens with zero attached hydrogens (tertiary/aromatic N) is 1. The minimum absolute atomic E-state index is 0.0210. The Morgan fingerprint density at radius 3 is 2.55 bits per heavy atom. The van der Waals surface area contributed by atoms with Crippen molar-refractivity contribution in [3.8, 4) is 5.75 Å². The third kappa shape index (κ3) is 5.57. The summed E-state index contributed by atoms with van der Waals surface area (Å²) in [4.78, 5) is 15.7. The van der Waals surface area contributed by atoms with E-state index in [-0.39, 0.29) is 35.1 Å². The van der Waals surface area contributed by atoms with Gasteiger partial charge in [0.05, 0.1) is 12.7 Å². The van der Waals surface area contributed by atoms with Gasteiger partial charge in [0.25, 0.3) is 5.91 Å². The molecule has 12 heteroatoms. The van der Waals surface area contributed by atoms with E-state index in [0.717, 1.165) is 12.1 Å². The van der Waals surface area contributed by atoms with Gasteiger partial charge in [-0.25, -0.2) is 18.1 Å². The first-order valence-electron chi connectivity index (χ1n) is 8.26. The molecule has 0 aliphatic carbocycles. The largest absolute Gasteiger partial charge is 0.495 e. The van der Waals surface area contributed by atoms with Crippen molar-refractivity contribution in [2.24, 2.45) is 0 Å². The van der Waals surface area contributed by atoms with Crippen LogP contribution >= 0.6 is 0 Å². The Balaban J connectivity index is 2.03. The molecule has 0 radical (unpaired) electrons. The molecule has 0 saturated heterocycles. The van der Waals surface area contributed by atoms with E-state index < -0.39 is 27.7 Å². The molecular formula is C17H19F3N4O4S. The minimum Gasteiger partial charge on any atom is -0.495 e. The molecular weight excluding hydrogens is 413 g/mol. The van der Waals surface area contributed by atoms with Crippen LogP contribution in [0, 0.1) is 0 Å². The molecule has 0 saturated carbocycles. The number of carbonyl (C=O) groups is 1. The Labute approximate surface area is 165 Å². The number of benzene rings is 1. The molecule has 1 aromatic heterocycles. The Bertz CT molecular complexity index is 981. The fourth-order valence-corrected chi connectivity index (χ4v) is 3.29. The predicted molar refractivity (Wildman–Crippen MR) is 99.3 cm³/mol. The summed E-state index contributed by atoms with van der Waals surface area (Å²) in [7, 11) is -1.34. The minimum atomic E-state index is -4.56. The van der Waals surface area contributed by atoms with Crippen LogP contribution < -0.4 is 20.1 Å². The molecule has 3 N–H and O–H groups in total. The average molecular weight is 432 g/mol. The van der Waals surface area contributed by atoms with Crippen LogP contribution in [0.25, 0.3) is 0 Å². The molecule has 158 valence electrons. The zero-order valence-corrected chi connectivity index (χ0v) is 16.3. The molecule has 0 aliphatic rings. The maximum atomic E-state index is 12.9. The van der Waals surface area contributed by atoms with E-state index in [1.165, 1.54) is 38.6 Å². The Hall–Kier alpha value is -2.86. The van der Waals surface area contributed by atoms with E-state index in [1.807, 2.05) is 0 Å². The van der Waals surface area contributed by atoms with Crippen molar-refractivity contribution in [1.29, 1.82) is 0 Å². The van der Waals surface area contributed by atoms with Crippen molar-refractivity contribution >= 4 is 21.7 Å². The molecule has 0 atom stereocenters. The first kappa shape index (κ1) is 22.4. The van der Waals surface area contributed by atoms with Gasteiger partial charge in [0.15, 0.2) is 0 Å². The second kappa shape index (κ2) is 9.09. The predicted octanol–water partition coefficient (Wildman–Crippen LogP) is 1.86. The van der Waals surface area contributed by atoms with Crippen LogP contribution in [0.4, 0.5) is 19.0 Å². The smallest absolute Gasteiger partial charge is 0.419 e. The number of aromatic nitrogens is 1. The quantitative estimate of drug-likeness (QED) is 0.550. The number of rotatable bonds is 8. The van der Waals surface area contributed by atoms with E-state index in [9.17, 15) is 26.4 Å². The Kier molecular flexibility index (Phi) is 7.03. The molecule has 0 fully saturated rings. The third-order valence-electron chi connectivity index (χ3n) is 3.80. The van der Waals surface area contributed by atoms with E-state index >= 15 is 0 Å². The van der Waals surface area contributed by atoms with Crippen molar-refractivity contribution in [1.82, 2.24) is 15.0 Å². The molecule has 1 amide bonds. The van der Waals surface area contributed by atoms with Gasteiger partial charge >= 0.3 is 6.18 Å². The molecule has 1 heterocycles. The summed E-state index contributed by atoms with van der Waals surface area (Å²) in [5.41, 5.74) is -0.864. The summed E-state index contributed by atoms with van der Waals surface area (Å²) in [5, 5.41) is 5.01. The highest BCUT2D eigenvalue weighted by Gasteiger charge is 2.33. The maximum absolute atomic E-state index is 12.9. The van der Waals surface area contributed by atoms with Gasteiger partial charge in [0.1, 0.15) is 16.5 Å². The van der Waals surface area contributed by atoms with Crippen LogP contribution in [0.15, 0.2) is 41.4 Å². The summed E-state index contributed by atoms with van der Waals surface area (Å²) < 4.78 is 70.0. The van der Waals surface area contributed by atoms with Crippen molar-refractivity contribution in [2.45, 2.75) is 11.1 Å². The van der Waals surface area contributed by atoms with Gasteiger partial charge < -0.3 is 15.4 Å². The fraction of sp³-hybridized carbons (Fsp3) is 0.294. The zero-order chi connectivity index (χ0) is 21.7. The highest BCUT2D eigenvalue weighted by atomic mass is 32.2. The van der Waals surface area contributed by atoms with E-state index in [4.69, 9.17) is 4.74 Å². The van der Waals surface area contributed by atoms with Crippen LogP contribution in [-0.2, 0) is 16.2 Å². The summed E-state index contributed by atoms with van der Waals surface area (Å²) >= 11 is 0. The standard InChI is InChI=1S/C17H19F3N4O4S/c1-21-29(26,27)14-10-11(5-6-13(14)28-2)16(25)24-9-8-23-15-12(17(18,19)20)4-3-7-22-15/h3-7,10,21H,8-9H2,1-2H3,(H,22,23)(H,24,25). The second-order valence-electron chi connectivity index (χ2n) is 5.65. The van der Waals surface area contributed by atoms with Crippen LogP contribution in [0.2, 0.25) is 0 Å². The number of pyridine rings is 1. The van der Waals surface area contributed by atoms with Gasteiger partial charge in [-0.2, -0.15) is 13.2 Å². The van der Waals surface area contributed by atoms with Crippen LogP contribution in [0.3, 0.4) is 0 Å². The fourth-order valence-electron chi connectivity index (χ4n) is 2.37. The monoisotopic (exact) mass is 432 g/mol. The number of sulfonamides is 1. The number of amides is 1. The average Bonchev–Trinajstić information content (AvgIpc) is 2.70. The lowest BCUT2D eigenvalue weighted by Gasteiger charge is -2.14. The van der Waals surface area contributed by atoms with E-state index in [1.54, 1.807) is 0 Å². The van der Waals surface area contributed by atoms with Gasteiger partial charge in [-0.1, -0.05) is 0 Å². The number of carbonyl (C=O) groups excluding carboxylic acids is 1. The highest BCUT2D eigenvalue weighted by Crippen LogP contribution is 2.33. The lowest BCUT2D eigenvalue weighted by atomic mass is 10.2. The first-order chi connectivity index (χ1) is 13.6. The summed E-state index contributed by atoms with van der Waals surface area (Å²) in [6, 6.07) is 5.93. The number of halogens is 3. The molecule has 0 bridgehead atoms. The lowest BCUT2D eigenvalue weighted by molar-refractivity contribution is -0.137. The van der Waals surface area contributed by atoms with Crippen molar-refractivity contribution in [3.63, 3.8) is 0 Å². The molecule has 0 unspecified atom stereocenters. The topological polar surface area (TPSA) is 109 Å². The van der Waals surface area contributed by atoms with Gasteiger partial charge in [0, 0.05) is 24.8 Å². The number of anilines is 1. The van der Waals surface area contributed by atoms with Crippen LogP contribution in [-0.4, -0.2) is 46.6 Å². The van der Waals surface area contributed by atoms with Crippen molar-refractivity contribution in [2.75, 3.05) is 32.6 Å². The van der Waals surface area contributed by atoms with Gasteiger partial charge in [0.2, 0.25) is 10.0 Å². The second-order valence-corrected chi connectivity index (χ2v) is 7.51. The summed E-state index contributed by atoms with van der Waals surface area (Å²) in [5.74, 6) is -0.882. The molecule has 2 aromatic rings. The SMILES string of the molecule is CNS(=O)(=O)c1cc(C(=O)NCCNc2ncccc2C(F)(F)F)ccc1OC.